The lowest BCUT2D eigenvalue weighted by Crippen LogP contribution is -2.43. The molecular weight excluding hydrogens is 1220 g/mol. The minimum atomic E-state index is -0.756. The standard InChI is InChI=1S/C17H20N2O.C13H21N3O.C12H11BrO2.C12H15NO.C10H14N2O.C5H4BrN.CH4.H2/c20-17(16-8-4-5-11-18-16)9-12-19(13-10-17)14-15-6-2-1-3-7-15;14-7-3-9-16-10-5-13(17,6-11-16)12-4-1-2-8-15-12;13-7-3-6-10-11(14)8-4-1-2-5-9(8)12(10)15;14-12-6-8-13(9-7-12)10-11-4-2-1-3-5-11;13-10(4-7-11-8-5-10)9-3-1-2-6-12-9;6-5-3-1-2-4-7-5;;/h1-8,11,20H,9-10,12-14H2;1-2,4,8,17H,3,5-7,9-11,14H2;1-2,4-5,10H,3,6-7H2;1-5H,6-10H2;1-3,6,11,13H,4-5,7-8H2;1-4H;1H4;1H. The molecule has 4 fully saturated rings. The number of pyridine rings is 4. The lowest BCUT2D eigenvalue weighted by atomic mass is 9.87. The largest absolute Gasteiger partial charge is 0.383 e. The summed E-state index contributed by atoms with van der Waals surface area (Å²) in [5, 5.41) is 35.6. The minimum Gasteiger partial charge on any atom is -0.383 e. The van der Waals surface area contributed by atoms with Gasteiger partial charge < -0.3 is 31.3 Å². The van der Waals surface area contributed by atoms with E-state index in [0.29, 0.717) is 23.3 Å². The zero-order chi connectivity index (χ0) is 60.9. The number of carbonyl (C=O) groups is 3. The van der Waals surface area contributed by atoms with Crippen molar-refractivity contribution in [2.45, 2.75) is 108 Å². The van der Waals surface area contributed by atoms with Gasteiger partial charge in [0.15, 0.2) is 11.6 Å². The number of Topliss-reactive ketones (excluding diaryl/α,β-unsaturated/α-hetero) is 3. The van der Waals surface area contributed by atoms with E-state index >= 15 is 0 Å². The SMILES string of the molecule is Brc1ccccn1.C.NCCCN1CCC(O)(c2ccccn2)CC1.O=C1CCN(Cc2ccccc2)CC1.O=C1c2ccccc2C(=O)C1CCCBr.OC1(c2ccccn2)CCN(Cc2ccccc2)CC1.OC1(c2ccccn2)CCNCC1.[HH]. The van der Waals surface area contributed by atoms with Gasteiger partial charge in [0.2, 0.25) is 0 Å². The molecule has 15 nitrogen and oxygen atoms in total. The summed E-state index contributed by atoms with van der Waals surface area (Å²) in [4.78, 5) is 58.6. The average molecular weight is 1310 g/mol. The number of likely N-dealkylation sites (tertiary alicyclic amines) is 3. The average Bonchev–Trinajstić information content (AvgIpc) is 3.20. The number of carbonyl (C=O) groups excluding carboxylic acids is 3. The van der Waals surface area contributed by atoms with Gasteiger partial charge in [0.1, 0.15) is 27.2 Å². The molecule has 0 radical (unpaired) electrons. The molecule has 87 heavy (non-hydrogen) atoms. The molecule has 4 aromatic heterocycles. The molecule has 4 saturated heterocycles. The number of piperidine rings is 4. The summed E-state index contributed by atoms with van der Waals surface area (Å²) in [6, 6.07) is 50.8. The minimum absolute atomic E-state index is 0. The predicted molar refractivity (Wildman–Crippen MR) is 355 cm³/mol. The highest BCUT2D eigenvalue weighted by Crippen LogP contribution is 2.34. The van der Waals surface area contributed by atoms with Crippen LogP contribution in [0.15, 0.2) is 187 Å². The number of halogens is 2. The summed E-state index contributed by atoms with van der Waals surface area (Å²) in [6.07, 6.45) is 15.5. The van der Waals surface area contributed by atoms with Crippen molar-refractivity contribution in [3.63, 3.8) is 0 Å². The van der Waals surface area contributed by atoms with E-state index in [1.165, 1.54) is 11.1 Å². The number of nitrogens with one attached hydrogen (secondary N) is 1. The number of hydrogen-bond donors (Lipinski definition) is 5. The van der Waals surface area contributed by atoms with E-state index in [1.54, 1.807) is 49.1 Å². The number of hydrogen-bond acceptors (Lipinski definition) is 15. The zero-order valence-corrected chi connectivity index (χ0v) is 52.6. The highest BCUT2D eigenvalue weighted by Gasteiger charge is 2.38. The Labute approximate surface area is 534 Å². The molecular formula is C70H91Br2N9O6. The Bertz CT molecular complexity index is 3010. The molecule has 4 aliphatic heterocycles. The van der Waals surface area contributed by atoms with Crippen molar-refractivity contribution in [2.75, 3.05) is 70.8 Å². The first-order valence-electron chi connectivity index (χ1n) is 30.2. The Balaban J connectivity index is 0.000000195. The normalized spacial score (nSPS) is 17.9. The molecule has 466 valence electrons. The molecule has 17 heteroatoms. The molecule has 12 rings (SSSR count). The van der Waals surface area contributed by atoms with Crippen LogP contribution in [-0.4, -0.2) is 138 Å². The highest BCUT2D eigenvalue weighted by atomic mass is 79.9. The van der Waals surface area contributed by atoms with Gasteiger partial charge in [-0.1, -0.05) is 133 Å². The summed E-state index contributed by atoms with van der Waals surface area (Å²) in [5.41, 5.74) is 9.59. The molecule has 0 bridgehead atoms. The van der Waals surface area contributed by atoms with Crippen LogP contribution in [0.5, 0.6) is 0 Å². The van der Waals surface area contributed by atoms with Gasteiger partial charge in [0, 0.05) is 108 Å². The number of nitrogens with zero attached hydrogens (tertiary/aromatic N) is 7. The maximum Gasteiger partial charge on any atom is 0.174 e. The summed E-state index contributed by atoms with van der Waals surface area (Å²) < 4.78 is 0.884. The Morgan fingerprint density at radius 1 is 0.506 bits per heavy atom. The van der Waals surface area contributed by atoms with Gasteiger partial charge in [-0.2, -0.15) is 0 Å². The molecule has 0 saturated carbocycles. The van der Waals surface area contributed by atoms with Crippen LogP contribution in [0.25, 0.3) is 0 Å². The smallest absolute Gasteiger partial charge is 0.174 e. The second-order valence-corrected chi connectivity index (χ2v) is 24.0. The predicted octanol–water partition coefficient (Wildman–Crippen LogP) is 11.4. The van der Waals surface area contributed by atoms with Gasteiger partial charge in [-0.15, -0.1) is 0 Å². The first kappa shape index (κ1) is 70.0. The lowest BCUT2D eigenvalue weighted by Gasteiger charge is -2.37. The molecule has 0 unspecified atom stereocenters. The van der Waals surface area contributed by atoms with Gasteiger partial charge in [0.25, 0.3) is 0 Å². The highest BCUT2D eigenvalue weighted by molar-refractivity contribution is 9.10. The molecule has 7 aromatic rings. The Morgan fingerprint density at radius 3 is 1.28 bits per heavy atom. The van der Waals surface area contributed by atoms with Crippen molar-refractivity contribution in [3.05, 3.63) is 226 Å². The van der Waals surface area contributed by atoms with Crippen LogP contribution >= 0.6 is 31.9 Å². The second kappa shape index (κ2) is 37.0. The van der Waals surface area contributed by atoms with Crippen LogP contribution in [0.4, 0.5) is 0 Å². The van der Waals surface area contributed by atoms with Crippen molar-refractivity contribution in [2.24, 2.45) is 11.7 Å². The lowest BCUT2D eigenvalue weighted by molar-refractivity contribution is -0.121. The number of aliphatic hydroxyl groups is 3. The summed E-state index contributed by atoms with van der Waals surface area (Å²) in [5.74, 6) is -0.0256. The topological polar surface area (TPSA) is 211 Å². The van der Waals surface area contributed by atoms with E-state index in [0.717, 1.165) is 170 Å². The Hall–Kier alpha value is -6.09. The number of benzene rings is 3. The fourth-order valence-corrected chi connectivity index (χ4v) is 11.6. The van der Waals surface area contributed by atoms with Crippen LogP contribution in [0, 0.1) is 5.92 Å². The molecule has 1 aliphatic carbocycles. The van der Waals surface area contributed by atoms with Crippen LogP contribution in [0.1, 0.15) is 128 Å². The monoisotopic (exact) mass is 1310 g/mol. The van der Waals surface area contributed by atoms with Crippen molar-refractivity contribution >= 4 is 49.2 Å². The van der Waals surface area contributed by atoms with Crippen molar-refractivity contribution in [1.29, 1.82) is 0 Å². The quantitative estimate of drug-likeness (QED) is 0.0413. The van der Waals surface area contributed by atoms with Crippen LogP contribution in [0.2, 0.25) is 0 Å². The van der Waals surface area contributed by atoms with Crippen molar-refractivity contribution < 1.29 is 31.1 Å². The maximum absolute atomic E-state index is 11.9. The second-order valence-electron chi connectivity index (χ2n) is 22.3. The number of alkyl halides is 1. The van der Waals surface area contributed by atoms with Crippen LogP contribution in [0.3, 0.4) is 0 Å². The van der Waals surface area contributed by atoms with Crippen LogP contribution in [-0.2, 0) is 34.7 Å². The molecule has 3 aromatic carbocycles. The number of rotatable bonds is 13. The maximum atomic E-state index is 11.9. The molecule has 0 amide bonds. The zero-order valence-electron chi connectivity index (χ0n) is 49.4. The van der Waals surface area contributed by atoms with E-state index in [4.69, 9.17) is 5.73 Å². The summed E-state index contributed by atoms with van der Waals surface area (Å²) in [7, 11) is 0. The van der Waals surface area contributed by atoms with E-state index < -0.39 is 22.7 Å². The van der Waals surface area contributed by atoms with Gasteiger partial charge in [-0.25, -0.2) is 4.98 Å². The third-order valence-corrected chi connectivity index (χ3v) is 17.2. The summed E-state index contributed by atoms with van der Waals surface area (Å²) >= 11 is 6.51. The Morgan fingerprint density at radius 2 is 0.897 bits per heavy atom. The fraction of sp³-hybridized carbons (Fsp3) is 0.414. The number of ketones is 3. The molecule has 5 aliphatic rings. The Kier molecular flexibility index (Phi) is 29.8. The van der Waals surface area contributed by atoms with Crippen LogP contribution < -0.4 is 11.1 Å². The van der Waals surface area contributed by atoms with Crippen molar-refractivity contribution in [3.8, 4) is 0 Å². The molecule has 8 heterocycles. The van der Waals surface area contributed by atoms with Crippen molar-refractivity contribution in [1.82, 2.24) is 40.0 Å². The van der Waals surface area contributed by atoms with E-state index in [2.05, 4.69) is 120 Å². The van der Waals surface area contributed by atoms with Gasteiger partial charge in [-0.3, -0.25) is 39.1 Å². The molecule has 6 N–H and O–H groups in total. The van der Waals surface area contributed by atoms with E-state index in [-0.39, 0.29) is 20.4 Å². The molecule has 0 atom stereocenters. The first-order chi connectivity index (χ1) is 41.8. The third-order valence-electron chi connectivity index (χ3n) is 16.2. The van der Waals surface area contributed by atoms with E-state index in [1.807, 2.05) is 84.9 Å². The number of aromatic nitrogens is 4. The summed E-state index contributed by atoms with van der Waals surface area (Å²) in [6.45, 7) is 11.0. The van der Waals surface area contributed by atoms with Gasteiger partial charge in [-0.05, 0) is 160 Å². The molecule has 0 spiro atoms. The van der Waals surface area contributed by atoms with Gasteiger partial charge in [0.05, 0.1) is 23.0 Å². The number of fused-ring (bicyclic) bond motifs is 1. The van der Waals surface area contributed by atoms with E-state index in [9.17, 15) is 29.7 Å². The third kappa shape index (κ3) is 22.5. The first-order valence-corrected chi connectivity index (χ1v) is 32.1. The fourth-order valence-electron chi connectivity index (χ4n) is 11.0. The number of nitrogens with two attached hydrogens (primary N) is 1. The van der Waals surface area contributed by atoms with Gasteiger partial charge >= 0.3 is 0 Å².